The van der Waals surface area contributed by atoms with E-state index in [0.29, 0.717) is 5.17 Å². The van der Waals surface area contributed by atoms with Crippen LogP contribution >= 0.6 is 11.8 Å². The van der Waals surface area contributed by atoms with Crippen molar-refractivity contribution in [2.75, 3.05) is 12.8 Å². The normalized spacial score (nSPS) is 12.8. The highest BCUT2D eigenvalue weighted by Gasteiger charge is 1.89. The summed E-state index contributed by atoms with van der Waals surface area (Å²) in [6.45, 7) is 2.08. The molecule has 0 aliphatic heterocycles. The smallest absolute Gasteiger partial charge is 0.182 e. The number of hydrogen-bond acceptors (Lipinski definition) is 3. The standard InChI is InChI=1S/C5H12N4S/c1-3-4-10-5(6)8-9-7-2/h3-4H2,1-2H3,(H2,6,7,8). The first-order valence-electron chi connectivity index (χ1n) is 3.06. The zero-order valence-corrected chi connectivity index (χ0v) is 7.06. The fourth-order valence-electron chi connectivity index (χ4n) is 0.324. The maximum atomic E-state index is 5.41. The van der Waals surface area contributed by atoms with Crippen LogP contribution in [0.5, 0.6) is 0 Å². The molecule has 5 heteroatoms. The summed E-state index contributed by atoms with van der Waals surface area (Å²) in [5, 5.41) is 10.9. The summed E-state index contributed by atoms with van der Waals surface area (Å²) in [4.78, 5) is 0. The van der Waals surface area contributed by atoms with Crippen LogP contribution in [0.3, 0.4) is 0 Å². The largest absolute Gasteiger partial charge is 0.377 e. The third-order valence-corrected chi connectivity index (χ3v) is 1.68. The molecule has 0 rings (SSSR count). The maximum absolute atomic E-state index is 5.41. The SMILES string of the molecule is CCCS/C(N)=N/N=NC. The Labute approximate surface area is 65.0 Å². The third kappa shape index (κ3) is 5.55. The summed E-state index contributed by atoms with van der Waals surface area (Å²) < 4.78 is 0. The highest BCUT2D eigenvalue weighted by molar-refractivity contribution is 8.13. The molecule has 0 aromatic heterocycles. The molecular formula is C5H12N4S. The summed E-state index contributed by atoms with van der Waals surface area (Å²) in [7, 11) is 1.56. The first kappa shape index (κ1) is 9.42. The van der Waals surface area contributed by atoms with Gasteiger partial charge in [0.25, 0.3) is 0 Å². The molecule has 2 N–H and O–H groups in total. The second-order valence-electron chi connectivity index (χ2n) is 1.58. The number of thioether (sulfide) groups is 1. The van der Waals surface area contributed by atoms with Gasteiger partial charge in [0, 0.05) is 5.75 Å². The van der Waals surface area contributed by atoms with Gasteiger partial charge in [-0.3, -0.25) is 0 Å². The zero-order valence-electron chi connectivity index (χ0n) is 6.24. The molecular weight excluding hydrogens is 148 g/mol. The van der Waals surface area contributed by atoms with E-state index in [4.69, 9.17) is 5.73 Å². The molecule has 0 aliphatic rings. The number of nitrogens with two attached hydrogens (primary N) is 1. The lowest BCUT2D eigenvalue weighted by atomic mass is 10.6. The van der Waals surface area contributed by atoms with Gasteiger partial charge in [0.05, 0.1) is 7.05 Å². The minimum absolute atomic E-state index is 0.479. The molecule has 0 bridgehead atoms. The van der Waals surface area contributed by atoms with E-state index in [1.165, 1.54) is 11.8 Å². The molecule has 0 radical (unpaired) electrons. The Bertz CT molecular complexity index is 132. The lowest BCUT2D eigenvalue weighted by Gasteiger charge is -1.92. The van der Waals surface area contributed by atoms with Crippen molar-refractivity contribution in [3.63, 3.8) is 0 Å². The third-order valence-electron chi connectivity index (χ3n) is 0.687. The average molecular weight is 160 g/mol. The molecule has 0 saturated carbocycles. The van der Waals surface area contributed by atoms with Gasteiger partial charge in [0.1, 0.15) is 0 Å². The Morgan fingerprint density at radius 2 is 2.30 bits per heavy atom. The van der Waals surface area contributed by atoms with Crippen LogP contribution in [0.25, 0.3) is 0 Å². The fourth-order valence-corrected chi connectivity index (χ4v) is 0.832. The van der Waals surface area contributed by atoms with Gasteiger partial charge in [-0.25, -0.2) is 0 Å². The van der Waals surface area contributed by atoms with Crippen LogP contribution in [0.15, 0.2) is 15.4 Å². The highest BCUT2D eigenvalue weighted by atomic mass is 32.2. The van der Waals surface area contributed by atoms with Gasteiger partial charge in [0.15, 0.2) is 5.17 Å². The van der Waals surface area contributed by atoms with Crippen molar-refractivity contribution in [2.24, 2.45) is 21.2 Å². The van der Waals surface area contributed by atoms with Crippen LogP contribution in [0.1, 0.15) is 13.3 Å². The second-order valence-corrected chi connectivity index (χ2v) is 2.69. The van der Waals surface area contributed by atoms with E-state index >= 15 is 0 Å². The fraction of sp³-hybridized carbons (Fsp3) is 0.800. The van der Waals surface area contributed by atoms with Crippen LogP contribution in [0, 0.1) is 0 Å². The van der Waals surface area contributed by atoms with Crippen molar-refractivity contribution in [1.29, 1.82) is 0 Å². The first-order chi connectivity index (χ1) is 4.81. The van der Waals surface area contributed by atoms with Gasteiger partial charge in [0.2, 0.25) is 0 Å². The topological polar surface area (TPSA) is 63.1 Å². The second kappa shape index (κ2) is 6.54. The average Bonchev–Trinajstić information content (AvgIpc) is 1.97. The van der Waals surface area contributed by atoms with Crippen LogP contribution in [-0.2, 0) is 0 Å². The molecule has 0 spiro atoms. The summed E-state index contributed by atoms with van der Waals surface area (Å²) in [6, 6.07) is 0. The zero-order chi connectivity index (χ0) is 7.82. The minimum Gasteiger partial charge on any atom is -0.377 e. The molecule has 0 aromatic rings. The number of nitrogens with zero attached hydrogens (tertiary/aromatic N) is 3. The quantitative estimate of drug-likeness (QED) is 0.294. The summed E-state index contributed by atoms with van der Waals surface area (Å²) in [6.07, 6.45) is 1.09. The van der Waals surface area contributed by atoms with Crippen molar-refractivity contribution < 1.29 is 0 Å². The Kier molecular flexibility index (Phi) is 6.16. The van der Waals surface area contributed by atoms with Crippen molar-refractivity contribution >= 4 is 16.9 Å². The van der Waals surface area contributed by atoms with E-state index in [1.807, 2.05) is 0 Å². The van der Waals surface area contributed by atoms with Crippen LogP contribution in [-0.4, -0.2) is 18.0 Å². The van der Waals surface area contributed by atoms with Gasteiger partial charge in [-0.2, -0.15) is 5.11 Å². The Hall–Kier alpha value is -0.580. The monoisotopic (exact) mass is 160 g/mol. The van der Waals surface area contributed by atoms with E-state index in [0.717, 1.165) is 12.2 Å². The Balaban J connectivity index is 3.49. The molecule has 0 heterocycles. The molecule has 58 valence electrons. The summed E-state index contributed by atoms with van der Waals surface area (Å²) in [5.41, 5.74) is 5.41. The molecule has 0 atom stereocenters. The number of amidine groups is 1. The van der Waals surface area contributed by atoms with Crippen molar-refractivity contribution in [3.8, 4) is 0 Å². The predicted octanol–water partition coefficient (Wildman–Crippen LogP) is 1.44. The summed E-state index contributed by atoms with van der Waals surface area (Å²) >= 11 is 1.49. The minimum atomic E-state index is 0.479. The molecule has 10 heavy (non-hydrogen) atoms. The van der Waals surface area contributed by atoms with Crippen molar-refractivity contribution in [3.05, 3.63) is 0 Å². The van der Waals surface area contributed by atoms with Crippen LogP contribution in [0.2, 0.25) is 0 Å². The molecule has 0 amide bonds. The van der Waals surface area contributed by atoms with Crippen LogP contribution in [0.4, 0.5) is 0 Å². The van der Waals surface area contributed by atoms with E-state index in [1.54, 1.807) is 7.05 Å². The summed E-state index contributed by atoms with van der Waals surface area (Å²) in [5.74, 6) is 0.981. The van der Waals surface area contributed by atoms with Crippen molar-refractivity contribution in [2.45, 2.75) is 13.3 Å². The van der Waals surface area contributed by atoms with Crippen molar-refractivity contribution in [1.82, 2.24) is 0 Å². The molecule has 0 saturated heterocycles. The maximum Gasteiger partial charge on any atom is 0.182 e. The molecule has 0 unspecified atom stereocenters. The lowest BCUT2D eigenvalue weighted by Crippen LogP contribution is -2.05. The van der Waals surface area contributed by atoms with Gasteiger partial charge < -0.3 is 5.73 Å². The van der Waals surface area contributed by atoms with Gasteiger partial charge in [-0.15, -0.1) is 5.10 Å². The van der Waals surface area contributed by atoms with E-state index < -0.39 is 0 Å². The van der Waals surface area contributed by atoms with E-state index in [9.17, 15) is 0 Å². The number of rotatable bonds is 3. The van der Waals surface area contributed by atoms with Crippen LogP contribution < -0.4 is 5.73 Å². The Morgan fingerprint density at radius 3 is 2.80 bits per heavy atom. The Morgan fingerprint density at radius 1 is 1.60 bits per heavy atom. The molecule has 0 aliphatic carbocycles. The number of hydrogen-bond donors (Lipinski definition) is 1. The van der Waals surface area contributed by atoms with E-state index in [-0.39, 0.29) is 0 Å². The van der Waals surface area contributed by atoms with E-state index in [2.05, 4.69) is 22.4 Å². The van der Waals surface area contributed by atoms with Gasteiger partial charge in [-0.1, -0.05) is 18.7 Å². The highest BCUT2D eigenvalue weighted by Crippen LogP contribution is 2.01. The molecule has 0 fully saturated rings. The lowest BCUT2D eigenvalue weighted by molar-refractivity contribution is 1.02. The molecule has 4 nitrogen and oxygen atoms in total. The molecule has 0 aromatic carbocycles. The van der Waals surface area contributed by atoms with Gasteiger partial charge >= 0.3 is 0 Å². The van der Waals surface area contributed by atoms with Gasteiger partial charge in [-0.05, 0) is 11.6 Å². The first-order valence-corrected chi connectivity index (χ1v) is 4.05. The predicted molar refractivity (Wildman–Crippen MR) is 45.2 cm³/mol.